The average Bonchev–Trinajstić information content (AvgIpc) is 3.33. The number of carbonyl (C=O) groups excluding carboxylic acids is 1. The Kier molecular flexibility index (Phi) is 4.20. The lowest BCUT2D eigenvalue weighted by molar-refractivity contribution is -0.146. The Hall–Kier alpha value is -2.39. The van der Waals surface area contributed by atoms with Crippen LogP contribution in [0.25, 0.3) is 5.65 Å². The second-order valence-corrected chi connectivity index (χ2v) is 6.91. The number of nitrogens with one attached hydrogen (secondary N) is 1. The first-order chi connectivity index (χ1) is 12.4. The van der Waals surface area contributed by atoms with Crippen LogP contribution in [0.5, 0.6) is 0 Å². The highest BCUT2D eigenvalue weighted by Crippen LogP contribution is 2.29. The number of rotatable bonds is 3. The summed E-state index contributed by atoms with van der Waals surface area (Å²) in [5.74, 6) is -0.508. The second kappa shape index (κ2) is 6.40. The predicted molar refractivity (Wildman–Crippen MR) is 86.3 cm³/mol. The van der Waals surface area contributed by atoms with Gasteiger partial charge in [-0.05, 0) is 31.4 Å². The van der Waals surface area contributed by atoms with Crippen LogP contribution in [0.3, 0.4) is 0 Å². The van der Waals surface area contributed by atoms with Crippen LogP contribution in [0.2, 0.25) is 0 Å². The number of hydrogen-bond donors (Lipinski definition) is 1. The minimum atomic E-state index is -4.62. The Bertz CT molecular complexity index is 814. The number of aromatic nitrogens is 4. The zero-order chi connectivity index (χ0) is 18.3. The smallest absolute Gasteiger partial charge is 0.364 e. The van der Waals surface area contributed by atoms with Crippen LogP contribution >= 0.6 is 0 Å². The molecule has 7 nitrogen and oxygen atoms in total. The van der Waals surface area contributed by atoms with E-state index in [4.69, 9.17) is 0 Å². The number of anilines is 1. The van der Waals surface area contributed by atoms with Gasteiger partial charge >= 0.3 is 6.18 Å². The highest BCUT2D eigenvalue weighted by molar-refractivity contribution is 5.79. The normalized spacial score (nSPS) is 21.7. The molecule has 0 bridgehead atoms. The van der Waals surface area contributed by atoms with Gasteiger partial charge in [0.2, 0.25) is 5.91 Å². The number of alkyl halides is 3. The summed E-state index contributed by atoms with van der Waals surface area (Å²) < 4.78 is 39.5. The van der Waals surface area contributed by atoms with E-state index in [1.165, 1.54) is 6.07 Å². The van der Waals surface area contributed by atoms with Crippen LogP contribution in [-0.2, 0) is 11.0 Å². The lowest BCUT2D eigenvalue weighted by Crippen LogP contribution is -2.35. The molecule has 2 aromatic heterocycles. The highest BCUT2D eigenvalue weighted by atomic mass is 19.4. The van der Waals surface area contributed by atoms with Gasteiger partial charge in [0.1, 0.15) is 5.82 Å². The number of likely N-dealkylation sites (tertiary alicyclic amines) is 1. The van der Waals surface area contributed by atoms with Crippen molar-refractivity contribution in [3.8, 4) is 0 Å². The lowest BCUT2D eigenvalue weighted by Gasteiger charge is -2.20. The number of fused-ring (bicyclic) bond motifs is 1. The molecule has 1 atom stereocenters. The van der Waals surface area contributed by atoms with Crippen molar-refractivity contribution in [1.29, 1.82) is 0 Å². The Labute approximate surface area is 147 Å². The van der Waals surface area contributed by atoms with Crippen molar-refractivity contribution in [2.24, 2.45) is 5.92 Å². The minimum absolute atomic E-state index is 0.0314. The molecular formula is C16H19F3N6O. The van der Waals surface area contributed by atoms with Gasteiger partial charge in [0.05, 0.1) is 0 Å². The maximum atomic E-state index is 12.9. The summed E-state index contributed by atoms with van der Waals surface area (Å²) in [6, 6.07) is 2.98. The number of nitrogens with zero attached hydrogens (tertiary/aromatic N) is 5. The number of hydrogen-bond acceptors (Lipinski definition) is 5. The van der Waals surface area contributed by atoms with E-state index in [0.29, 0.717) is 23.4 Å². The van der Waals surface area contributed by atoms with Crippen molar-refractivity contribution in [2.75, 3.05) is 18.4 Å². The van der Waals surface area contributed by atoms with E-state index in [1.807, 2.05) is 4.90 Å². The second-order valence-electron chi connectivity index (χ2n) is 6.91. The molecule has 10 heteroatoms. The Morgan fingerprint density at radius 3 is 2.65 bits per heavy atom. The molecular weight excluding hydrogens is 349 g/mol. The van der Waals surface area contributed by atoms with Crippen molar-refractivity contribution in [2.45, 2.75) is 44.3 Å². The fourth-order valence-electron chi connectivity index (χ4n) is 3.76. The van der Waals surface area contributed by atoms with Crippen molar-refractivity contribution >= 4 is 17.4 Å². The van der Waals surface area contributed by atoms with Crippen LogP contribution < -0.4 is 5.32 Å². The van der Waals surface area contributed by atoms with E-state index < -0.39 is 12.0 Å². The molecule has 1 amide bonds. The third-order valence-electron chi connectivity index (χ3n) is 5.07. The van der Waals surface area contributed by atoms with Gasteiger partial charge in [-0.3, -0.25) is 4.79 Å². The van der Waals surface area contributed by atoms with Crippen LogP contribution in [-0.4, -0.2) is 49.7 Å². The number of amides is 1. The molecule has 1 saturated carbocycles. The summed E-state index contributed by atoms with van der Waals surface area (Å²) in [4.78, 5) is 14.3. The number of carbonyl (C=O) groups is 1. The third-order valence-corrected chi connectivity index (χ3v) is 5.07. The zero-order valence-electron chi connectivity index (χ0n) is 14.0. The van der Waals surface area contributed by atoms with E-state index in [2.05, 4.69) is 20.6 Å². The van der Waals surface area contributed by atoms with Gasteiger partial charge in [-0.1, -0.05) is 12.8 Å². The average molecular weight is 368 g/mol. The zero-order valence-corrected chi connectivity index (χ0v) is 14.0. The van der Waals surface area contributed by atoms with Gasteiger partial charge in [-0.2, -0.15) is 17.7 Å². The van der Waals surface area contributed by atoms with Gasteiger partial charge in [0.15, 0.2) is 5.65 Å². The van der Waals surface area contributed by atoms with Crippen molar-refractivity contribution in [3.63, 3.8) is 0 Å². The molecule has 0 radical (unpaired) electrons. The number of halogens is 3. The standard InChI is InChI=1S/C16H19F3N6O/c17-16(18,19)15-22-21-13-6-5-12(23-25(13)15)20-11-7-8-24(9-11)14(26)10-3-1-2-4-10/h5-6,10-11H,1-4,7-9H2,(H,20,23). The molecule has 1 N–H and O–H groups in total. The van der Waals surface area contributed by atoms with E-state index in [0.717, 1.165) is 32.1 Å². The molecule has 0 aromatic carbocycles. The van der Waals surface area contributed by atoms with E-state index in [-0.39, 0.29) is 23.5 Å². The first kappa shape index (κ1) is 17.0. The van der Waals surface area contributed by atoms with Gasteiger partial charge in [0, 0.05) is 25.0 Å². The van der Waals surface area contributed by atoms with Crippen molar-refractivity contribution in [3.05, 3.63) is 18.0 Å². The van der Waals surface area contributed by atoms with Crippen molar-refractivity contribution < 1.29 is 18.0 Å². The van der Waals surface area contributed by atoms with Gasteiger partial charge in [-0.15, -0.1) is 15.3 Å². The molecule has 4 rings (SSSR count). The predicted octanol–water partition coefficient (Wildman–Crippen LogP) is 2.35. The Balaban J connectivity index is 1.45. The summed E-state index contributed by atoms with van der Waals surface area (Å²) in [5.41, 5.74) is 0.0346. The van der Waals surface area contributed by atoms with Gasteiger partial charge in [-0.25, -0.2) is 0 Å². The maximum absolute atomic E-state index is 12.9. The van der Waals surface area contributed by atoms with Crippen LogP contribution in [0.1, 0.15) is 37.9 Å². The van der Waals surface area contributed by atoms with Gasteiger partial charge in [0.25, 0.3) is 5.82 Å². The Morgan fingerprint density at radius 2 is 1.92 bits per heavy atom. The van der Waals surface area contributed by atoms with Gasteiger partial charge < -0.3 is 10.2 Å². The summed E-state index contributed by atoms with van der Waals surface area (Å²) in [6.45, 7) is 1.21. The quantitative estimate of drug-likeness (QED) is 0.900. The first-order valence-electron chi connectivity index (χ1n) is 8.77. The van der Waals surface area contributed by atoms with Crippen molar-refractivity contribution in [1.82, 2.24) is 24.7 Å². The summed E-state index contributed by atoms with van der Waals surface area (Å²) in [6.07, 6.45) is 0.251. The molecule has 0 spiro atoms. The monoisotopic (exact) mass is 368 g/mol. The lowest BCUT2D eigenvalue weighted by atomic mass is 10.1. The Morgan fingerprint density at radius 1 is 1.15 bits per heavy atom. The SMILES string of the molecule is O=C(C1CCCC1)N1CCC(Nc2ccc3nnc(C(F)(F)F)n3n2)C1. The molecule has 2 aromatic rings. The van der Waals surface area contributed by atoms with E-state index in [1.54, 1.807) is 6.07 Å². The molecule has 2 aliphatic rings. The molecule has 140 valence electrons. The summed E-state index contributed by atoms with van der Waals surface area (Å²) >= 11 is 0. The van der Waals surface area contributed by atoms with Crippen LogP contribution in [0.4, 0.5) is 19.0 Å². The largest absolute Gasteiger partial charge is 0.453 e. The van der Waals surface area contributed by atoms with Crippen LogP contribution in [0, 0.1) is 5.92 Å². The fraction of sp³-hybridized carbons (Fsp3) is 0.625. The van der Waals surface area contributed by atoms with E-state index in [9.17, 15) is 18.0 Å². The minimum Gasteiger partial charge on any atom is -0.364 e. The molecule has 1 aliphatic heterocycles. The highest BCUT2D eigenvalue weighted by Gasteiger charge is 2.38. The molecule has 1 saturated heterocycles. The summed E-state index contributed by atoms with van der Waals surface area (Å²) in [5, 5.41) is 13.7. The molecule has 2 fully saturated rings. The molecule has 3 heterocycles. The molecule has 1 aliphatic carbocycles. The molecule has 1 unspecified atom stereocenters. The topological polar surface area (TPSA) is 75.4 Å². The summed E-state index contributed by atoms with van der Waals surface area (Å²) in [7, 11) is 0. The fourth-order valence-corrected chi connectivity index (χ4v) is 3.76. The van der Waals surface area contributed by atoms with Crippen LogP contribution in [0.15, 0.2) is 12.1 Å². The maximum Gasteiger partial charge on any atom is 0.453 e. The third kappa shape index (κ3) is 3.19. The molecule has 26 heavy (non-hydrogen) atoms. The first-order valence-corrected chi connectivity index (χ1v) is 8.77. The van der Waals surface area contributed by atoms with E-state index >= 15 is 0 Å².